The molecule has 0 aliphatic carbocycles. The molecule has 2 N–H and O–H groups in total. The van der Waals surface area contributed by atoms with Gasteiger partial charge in [-0.15, -0.1) is 0 Å². The predicted molar refractivity (Wildman–Crippen MR) is 71.5 cm³/mol. The van der Waals surface area contributed by atoms with Gasteiger partial charge < -0.3 is 10.2 Å². The summed E-state index contributed by atoms with van der Waals surface area (Å²) < 4.78 is 0. The third-order valence-corrected chi connectivity index (χ3v) is 3.53. The van der Waals surface area contributed by atoms with E-state index in [1.54, 1.807) is 13.0 Å². The van der Waals surface area contributed by atoms with Gasteiger partial charge in [-0.2, -0.15) is 0 Å². The Morgan fingerprint density at radius 2 is 1.61 bits per heavy atom. The van der Waals surface area contributed by atoms with Crippen LogP contribution in [0, 0.1) is 27.7 Å². The molecule has 0 atom stereocenters. The first-order valence-corrected chi connectivity index (χ1v) is 5.81. The number of hydrogen-bond donors (Lipinski definition) is 2. The first kappa shape index (κ1) is 12.4. The Labute approximate surface area is 106 Å². The molecule has 0 radical (unpaired) electrons. The number of phenolic OH excluding ortho intramolecular Hbond substituents is 1. The summed E-state index contributed by atoms with van der Waals surface area (Å²) in [4.78, 5) is 11.2. The summed E-state index contributed by atoms with van der Waals surface area (Å²) in [6.45, 7) is 7.36. The number of benzene rings is 2. The van der Waals surface area contributed by atoms with Crippen LogP contribution in [-0.4, -0.2) is 16.2 Å². The number of aromatic hydroxyl groups is 1. The van der Waals surface area contributed by atoms with E-state index in [1.165, 1.54) is 0 Å². The van der Waals surface area contributed by atoms with Crippen LogP contribution >= 0.6 is 0 Å². The molecule has 0 aromatic heterocycles. The van der Waals surface area contributed by atoms with Gasteiger partial charge in [0.25, 0.3) is 0 Å². The van der Waals surface area contributed by atoms with E-state index in [2.05, 4.69) is 0 Å². The lowest BCUT2D eigenvalue weighted by Gasteiger charge is -2.14. The van der Waals surface area contributed by atoms with Gasteiger partial charge >= 0.3 is 5.97 Å². The minimum Gasteiger partial charge on any atom is -0.507 e. The molecule has 3 nitrogen and oxygen atoms in total. The van der Waals surface area contributed by atoms with Crippen LogP contribution in [0.25, 0.3) is 10.8 Å². The molecule has 0 spiro atoms. The van der Waals surface area contributed by atoms with E-state index in [0.717, 1.165) is 33.0 Å². The Bertz CT molecular complexity index is 669. The van der Waals surface area contributed by atoms with Crippen molar-refractivity contribution in [2.75, 3.05) is 0 Å². The van der Waals surface area contributed by atoms with Gasteiger partial charge in [0.1, 0.15) is 5.75 Å². The standard InChI is InChI=1S/C15H16O3/c1-7-5-12(15(17)18)9(3)11-6-8(2)14(16)10(4)13(7)11/h5-6,16H,1-4H3,(H,17,18). The lowest BCUT2D eigenvalue weighted by molar-refractivity contribution is 0.0696. The minimum absolute atomic E-state index is 0.285. The smallest absolute Gasteiger partial charge is 0.335 e. The highest BCUT2D eigenvalue weighted by molar-refractivity contribution is 6.01. The number of rotatable bonds is 1. The van der Waals surface area contributed by atoms with Crippen LogP contribution < -0.4 is 0 Å². The van der Waals surface area contributed by atoms with E-state index >= 15 is 0 Å². The molecule has 0 unspecified atom stereocenters. The highest BCUT2D eigenvalue weighted by Gasteiger charge is 2.16. The molecule has 0 heterocycles. The number of carboxylic acids is 1. The molecule has 0 bridgehead atoms. The summed E-state index contributed by atoms with van der Waals surface area (Å²) in [6.07, 6.45) is 0. The molecule has 18 heavy (non-hydrogen) atoms. The topological polar surface area (TPSA) is 57.5 Å². The van der Waals surface area contributed by atoms with E-state index < -0.39 is 5.97 Å². The molecular formula is C15H16O3. The minimum atomic E-state index is -0.916. The summed E-state index contributed by atoms with van der Waals surface area (Å²) >= 11 is 0. The Balaban J connectivity index is 3.03. The van der Waals surface area contributed by atoms with Crippen molar-refractivity contribution in [2.45, 2.75) is 27.7 Å². The second-order valence-electron chi connectivity index (χ2n) is 4.76. The van der Waals surface area contributed by atoms with Crippen molar-refractivity contribution in [2.24, 2.45) is 0 Å². The van der Waals surface area contributed by atoms with Crippen LogP contribution in [0.2, 0.25) is 0 Å². The molecular weight excluding hydrogens is 228 g/mol. The van der Waals surface area contributed by atoms with Crippen molar-refractivity contribution in [1.29, 1.82) is 0 Å². The van der Waals surface area contributed by atoms with Gasteiger partial charge in [0.15, 0.2) is 0 Å². The molecule has 0 aliphatic heterocycles. The average Bonchev–Trinajstić information content (AvgIpc) is 2.29. The van der Waals surface area contributed by atoms with E-state index in [4.69, 9.17) is 0 Å². The van der Waals surface area contributed by atoms with Crippen LogP contribution in [0.15, 0.2) is 12.1 Å². The zero-order valence-corrected chi connectivity index (χ0v) is 11.0. The zero-order chi connectivity index (χ0) is 13.6. The van der Waals surface area contributed by atoms with Crippen LogP contribution in [0.4, 0.5) is 0 Å². The highest BCUT2D eigenvalue weighted by atomic mass is 16.4. The molecule has 0 amide bonds. The Morgan fingerprint density at radius 1 is 1.00 bits per heavy atom. The van der Waals surface area contributed by atoms with Crippen molar-refractivity contribution in [3.8, 4) is 5.75 Å². The number of fused-ring (bicyclic) bond motifs is 1. The quantitative estimate of drug-likeness (QED) is 0.807. The van der Waals surface area contributed by atoms with Crippen molar-refractivity contribution < 1.29 is 15.0 Å². The number of hydrogen-bond acceptors (Lipinski definition) is 2. The maximum absolute atomic E-state index is 11.2. The van der Waals surface area contributed by atoms with Gasteiger partial charge in [-0.05, 0) is 72.9 Å². The molecule has 94 valence electrons. The molecule has 3 heteroatoms. The van der Waals surface area contributed by atoms with Gasteiger partial charge in [0.05, 0.1) is 5.56 Å². The maximum Gasteiger partial charge on any atom is 0.335 e. The van der Waals surface area contributed by atoms with Crippen LogP contribution in [0.5, 0.6) is 5.75 Å². The molecule has 2 aromatic rings. The van der Waals surface area contributed by atoms with Crippen molar-refractivity contribution in [3.63, 3.8) is 0 Å². The third-order valence-electron chi connectivity index (χ3n) is 3.53. The predicted octanol–water partition coefficient (Wildman–Crippen LogP) is 3.48. The van der Waals surface area contributed by atoms with Crippen molar-refractivity contribution >= 4 is 16.7 Å². The van der Waals surface area contributed by atoms with E-state index in [1.807, 2.05) is 26.8 Å². The molecule has 0 fully saturated rings. The summed E-state index contributed by atoms with van der Waals surface area (Å²) in [5.41, 5.74) is 3.52. The maximum atomic E-state index is 11.2. The van der Waals surface area contributed by atoms with E-state index in [0.29, 0.717) is 5.56 Å². The van der Waals surface area contributed by atoms with Gasteiger partial charge in [-0.25, -0.2) is 4.79 Å². The van der Waals surface area contributed by atoms with Gasteiger partial charge in [-0.3, -0.25) is 0 Å². The lowest BCUT2D eigenvalue weighted by Crippen LogP contribution is -2.02. The molecule has 0 aliphatic rings. The largest absolute Gasteiger partial charge is 0.507 e. The molecule has 0 saturated heterocycles. The summed E-state index contributed by atoms with van der Waals surface area (Å²) in [5, 5.41) is 21.0. The number of carboxylic acid groups (broad SMARTS) is 1. The number of aryl methyl sites for hydroxylation is 4. The molecule has 0 saturated carbocycles. The monoisotopic (exact) mass is 244 g/mol. The van der Waals surface area contributed by atoms with E-state index in [9.17, 15) is 15.0 Å². The normalized spacial score (nSPS) is 10.9. The first-order valence-electron chi connectivity index (χ1n) is 5.81. The highest BCUT2D eigenvalue weighted by Crippen LogP contribution is 2.35. The second kappa shape index (κ2) is 4.02. The van der Waals surface area contributed by atoms with Gasteiger partial charge in [0, 0.05) is 0 Å². The fraction of sp³-hybridized carbons (Fsp3) is 0.267. The first-order chi connectivity index (χ1) is 8.34. The van der Waals surface area contributed by atoms with Crippen LogP contribution in [0.3, 0.4) is 0 Å². The lowest BCUT2D eigenvalue weighted by atomic mass is 9.91. The molecule has 2 aromatic carbocycles. The van der Waals surface area contributed by atoms with Crippen LogP contribution in [0.1, 0.15) is 32.6 Å². The average molecular weight is 244 g/mol. The summed E-state index contributed by atoms with van der Waals surface area (Å²) in [5.74, 6) is -0.631. The number of phenols is 1. The summed E-state index contributed by atoms with van der Waals surface area (Å²) in [6, 6.07) is 3.52. The Kier molecular flexibility index (Phi) is 2.77. The zero-order valence-electron chi connectivity index (χ0n) is 11.0. The second-order valence-corrected chi connectivity index (χ2v) is 4.76. The summed E-state index contributed by atoms with van der Waals surface area (Å²) in [7, 11) is 0. The fourth-order valence-corrected chi connectivity index (χ4v) is 2.54. The van der Waals surface area contributed by atoms with Gasteiger partial charge in [0.2, 0.25) is 0 Å². The SMILES string of the molecule is Cc1cc2c(C)c(C(=O)O)cc(C)c2c(C)c1O. The van der Waals surface area contributed by atoms with Crippen molar-refractivity contribution in [3.05, 3.63) is 39.9 Å². The fourth-order valence-electron chi connectivity index (χ4n) is 2.54. The Hall–Kier alpha value is -2.03. The van der Waals surface area contributed by atoms with Gasteiger partial charge in [-0.1, -0.05) is 0 Å². The van der Waals surface area contributed by atoms with E-state index in [-0.39, 0.29) is 5.75 Å². The Morgan fingerprint density at radius 3 is 2.17 bits per heavy atom. The number of aromatic carboxylic acids is 1. The third kappa shape index (κ3) is 1.63. The molecule has 2 rings (SSSR count). The van der Waals surface area contributed by atoms with Crippen molar-refractivity contribution in [1.82, 2.24) is 0 Å². The number of carbonyl (C=O) groups is 1. The van der Waals surface area contributed by atoms with Crippen LogP contribution in [-0.2, 0) is 0 Å².